The summed E-state index contributed by atoms with van der Waals surface area (Å²) in [6.07, 6.45) is 3.69. The molecule has 8 nitrogen and oxygen atoms in total. The highest BCUT2D eigenvalue weighted by atomic mass is 32.2. The normalized spacial score (nSPS) is 14.7. The highest BCUT2D eigenvalue weighted by Crippen LogP contribution is 2.29. The molecular formula is C29H30F2N6O2S. The Bertz CT molecular complexity index is 1610. The number of hydrogen-bond acceptors (Lipinski definition) is 7. The summed E-state index contributed by atoms with van der Waals surface area (Å²) in [5.41, 5.74) is 9.11. The number of aryl methyl sites for hydroxylation is 1. The van der Waals surface area contributed by atoms with Gasteiger partial charge in [-0.05, 0) is 104 Å². The van der Waals surface area contributed by atoms with Crippen molar-refractivity contribution in [3.63, 3.8) is 0 Å². The number of anilines is 5. The van der Waals surface area contributed by atoms with Gasteiger partial charge in [-0.1, -0.05) is 6.07 Å². The number of piperidine rings is 1. The van der Waals surface area contributed by atoms with Gasteiger partial charge in [-0.3, -0.25) is 0 Å². The van der Waals surface area contributed by atoms with Gasteiger partial charge < -0.3 is 16.4 Å². The predicted molar refractivity (Wildman–Crippen MR) is 152 cm³/mol. The minimum atomic E-state index is -3.65. The van der Waals surface area contributed by atoms with Gasteiger partial charge in [0.2, 0.25) is 16.0 Å². The molecule has 40 heavy (non-hydrogen) atoms. The van der Waals surface area contributed by atoms with Crippen molar-refractivity contribution in [2.75, 3.05) is 29.5 Å². The summed E-state index contributed by atoms with van der Waals surface area (Å²) in [6.45, 7) is 2.51. The summed E-state index contributed by atoms with van der Waals surface area (Å²) in [5.74, 6) is 0.482. The molecule has 0 bridgehead atoms. The number of hydrogen-bond donors (Lipinski definition) is 3. The fraction of sp³-hybridized carbons (Fsp3) is 0.241. The quantitative estimate of drug-likeness (QED) is 0.233. The number of sulfonamides is 1. The molecular weight excluding hydrogens is 534 g/mol. The smallest absolute Gasteiger partial charge is 0.243 e. The second kappa shape index (κ2) is 11.6. The van der Waals surface area contributed by atoms with E-state index in [1.165, 1.54) is 22.5 Å². The first-order valence-electron chi connectivity index (χ1n) is 12.9. The van der Waals surface area contributed by atoms with Crippen LogP contribution in [0, 0.1) is 24.5 Å². The minimum Gasteiger partial charge on any atom is -0.398 e. The first kappa shape index (κ1) is 27.5. The molecule has 0 saturated carbocycles. The average molecular weight is 565 g/mol. The van der Waals surface area contributed by atoms with Crippen molar-refractivity contribution < 1.29 is 17.2 Å². The monoisotopic (exact) mass is 564 g/mol. The Hall–Kier alpha value is -4.09. The summed E-state index contributed by atoms with van der Waals surface area (Å²) >= 11 is 0. The Kier molecular flexibility index (Phi) is 7.95. The number of nitrogens with two attached hydrogens (primary N) is 1. The van der Waals surface area contributed by atoms with Crippen molar-refractivity contribution in [3.05, 3.63) is 95.7 Å². The maximum atomic E-state index is 13.5. The first-order valence-corrected chi connectivity index (χ1v) is 14.4. The van der Waals surface area contributed by atoms with Gasteiger partial charge in [-0.15, -0.1) is 0 Å². The van der Waals surface area contributed by atoms with Crippen molar-refractivity contribution >= 4 is 38.9 Å². The van der Waals surface area contributed by atoms with Crippen LogP contribution < -0.4 is 16.4 Å². The van der Waals surface area contributed by atoms with E-state index in [4.69, 9.17) is 5.73 Å². The number of nitrogens with zero attached hydrogens (tertiary/aromatic N) is 3. The van der Waals surface area contributed by atoms with Crippen molar-refractivity contribution in [2.24, 2.45) is 5.92 Å². The molecule has 1 aliphatic heterocycles. The predicted octanol–water partition coefficient (Wildman–Crippen LogP) is 5.78. The topological polar surface area (TPSA) is 113 Å². The number of nitrogen functional groups attached to an aromatic ring is 1. The number of halogens is 2. The van der Waals surface area contributed by atoms with E-state index in [1.54, 1.807) is 61.7 Å². The molecule has 0 aliphatic carbocycles. The zero-order valence-electron chi connectivity index (χ0n) is 21.9. The van der Waals surface area contributed by atoms with E-state index >= 15 is 0 Å². The van der Waals surface area contributed by atoms with Crippen molar-refractivity contribution in [1.82, 2.24) is 14.3 Å². The third kappa shape index (κ3) is 6.37. The van der Waals surface area contributed by atoms with Crippen LogP contribution in [0.25, 0.3) is 0 Å². The maximum absolute atomic E-state index is 13.5. The van der Waals surface area contributed by atoms with Crippen molar-refractivity contribution in [2.45, 2.75) is 31.1 Å². The third-order valence-corrected chi connectivity index (χ3v) is 8.94. The molecule has 4 aromatic rings. The van der Waals surface area contributed by atoms with E-state index in [2.05, 4.69) is 20.6 Å². The first-order chi connectivity index (χ1) is 19.2. The number of benzene rings is 3. The lowest BCUT2D eigenvalue weighted by atomic mass is 9.90. The third-order valence-electron chi connectivity index (χ3n) is 7.02. The molecule has 11 heteroatoms. The molecule has 0 radical (unpaired) electrons. The summed E-state index contributed by atoms with van der Waals surface area (Å²) < 4.78 is 54.9. The van der Waals surface area contributed by atoms with Crippen LogP contribution in [0.4, 0.5) is 37.6 Å². The van der Waals surface area contributed by atoms with Gasteiger partial charge >= 0.3 is 0 Å². The van der Waals surface area contributed by atoms with Crippen LogP contribution in [0.15, 0.2) is 77.8 Å². The maximum Gasteiger partial charge on any atom is 0.243 e. The van der Waals surface area contributed by atoms with Crippen molar-refractivity contribution in [3.8, 4) is 0 Å². The molecule has 0 spiro atoms. The Morgan fingerprint density at radius 1 is 0.950 bits per heavy atom. The molecule has 4 N–H and O–H groups in total. The van der Waals surface area contributed by atoms with E-state index in [1.807, 2.05) is 0 Å². The molecule has 0 atom stereocenters. The van der Waals surface area contributed by atoms with Crippen LogP contribution in [-0.4, -0.2) is 35.8 Å². The lowest BCUT2D eigenvalue weighted by molar-refractivity contribution is 0.273. The lowest BCUT2D eigenvalue weighted by Gasteiger charge is -2.31. The van der Waals surface area contributed by atoms with E-state index in [9.17, 15) is 17.2 Å². The molecule has 2 heterocycles. The number of rotatable bonds is 8. The Balaban J connectivity index is 1.19. The van der Waals surface area contributed by atoms with Gasteiger partial charge in [0, 0.05) is 36.3 Å². The zero-order valence-corrected chi connectivity index (χ0v) is 22.8. The van der Waals surface area contributed by atoms with Gasteiger partial charge in [0.15, 0.2) is 0 Å². The average Bonchev–Trinajstić information content (AvgIpc) is 2.93. The summed E-state index contributed by atoms with van der Waals surface area (Å²) in [7, 11) is -3.65. The second-order valence-electron chi connectivity index (χ2n) is 9.90. The van der Waals surface area contributed by atoms with Crippen molar-refractivity contribution in [1.29, 1.82) is 0 Å². The molecule has 1 aliphatic rings. The highest BCUT2D eigenvalue weighted by molar-refractivity contribution is 7.89. The highest BCUT2D eigenvalue weighted by Gasteiger charge is 2.29. The molecule has 1 aromatic heterocycles. The standard InChI is InChI=1S/C29H30F2N6O2S/c1-19-16-24(6-9-26(19)31)34-28-10-13-33-29(36-28)35-23-4-7-25(8-5-23)40(38,39)37-14-11-20(12-15-37)17-21-2-3-22(30)18-27(21)32/h2-10,13,16,18,20H,11-12,14-15,17,32H2,1H3,(H2,33,34,35,36). The largest absolute Gasteiger partial charge is 0.398 e. The fourth-order valence-electron chi connectivity index (χ4n) is 4.76. The molecule has 0 amide bonds. The summed E-state index contributed by atoms with van der Waals surface area (Å²) in [6, 6.07) is 17.3. The summed E-state index contributed by atoms with van der Waals surface area (Å²) in [4.78, 5) is 8.86. The SMILES string of the molecule is Cc1cc(Nc2ccnc(Nc3ccc(S(=O)(=O)N4CCC(Cc5ccc(F)cc5N)CC4)cc3)n2)ccc1F. The number of aromatic nitrogens is 2. The molecule has 208 valence electrons. The second-order valence-corrected chi connectivity index (χ2v) is 11.8. The van der Waals surface area contributed by atoms with Gasteiger partial charge in [-0.2, -0.15) is 9.29 Å². The van der Waals surface area contributed by atoms with Gasteiger partial charge in [0.25, 0.3) is 0 Å². The van der Waals surface area contributed by atoms with Crippen LogP contribution in [-0.2, 0) is 16.4 Å². The van der Waals surface area contributed by atoms with Crippen LogP contribution in [0.3, 0.4) is 0 Å². The molecule has 1 saturated heterocycles. The summed E-state index contributed by atoms with van der Waals surface area (Å²) in [5, 5.41) is 6.20. The van der Waals surface area contributed by atoms with Crippen LogP contribution in [0.5, 0.6) is 0 Å². The van der Waals surface area contributed by atoms with Crippen LogP contribution in [0.1, 0.15) is 24.0 Å². The fourth-order valence-corrected chi connectivity index (χ4v) is 6.23. The molecule has 3 aromatic carbocycles. The molecule has 1 fully saturated rings. The Morgan fingerprint density at radius 3 is 2.38 bits per heavy atom. The van der Waals surface area contributed by atoms with Crippen LogP contribution in [0.2, 0.25) is 0 Å². The Labute approximate surface area is 232 Å². The molecule has 0 unspecified atom stereocenters. The minimum absolute atomic E-state index is 0.210. The van der Waals surface area contributed by atoms with Gasteiger partial charge in [0.05, 0.1) is 4.90 Å². The van der Waals surface area contributed by atoms with E-state index in [0.717, 1.165) is 5.56 Å². The Morgan fingerprint density at radius 2 is 1.68 bits per heavy atom. The van der Waals surface area contributed by atoms with E-state index < -0.39 is 10.0 Å². The van der Waals surface area contributed by atoms with Crippen LogP contribution >= 0.6 is 0 Å². The number of nitrogens with one attached hydrogen (secondary N) is 2. The van der Waals surface area contributed by atoms with E-state index in [0.29, 0.717) is 66.7 Å². The lowest BCUT2D eigenvalue weighted by Crippen LogP contribution is -2.38. The zero-order chi connectivity index (χ0) is 28.3. The van der Waals surface area contributed by atoms with Gasteiger partial charge in [0.1, 0.15) is 17.5 Å². The van der Waals surface area contributed by atoms with Gasteiger partial charge in [-0.25, -0.2) is 22.2 Å². The van der Waals surface area contributed by atoms with E-state index in [-0.39, 0.29) is 22.4 Å². The molecule has 5 rings (SSSR count).